The van der Waals surface area contributed by atoms with Crippen molar-refractivity contribution in [3.8, 4) is 0 Å². The Balaban J connectivity index is 1.37. The molecule has 2 aliphatic heterocycles. The highest BCUT2D eigenvalue weighted by Crippen LogP contribution is 2.25. The monoisotopic (exact) mass is 440 g/mol. The van der Waals surface area contributed by atoms with Crippen LogP contribution in [0.2, 0.25) is 0 Å². The predicted octanol–water partition coefficient (Wildman–Crippen LogP) is -0.315. The van der Waals surface area contributed by atoms with Gasteiger partial charge in [0.25, 0.3) is 0 Å². The summed E-state index contributed by atoms with van der Waals surface area (Å²) in [5.41, 5.74) is 2.37. The summed E-state index contributed by atoms with van der Waals surface area (Å²) in [5, 5.41) is 58.5. The van der Waals surface area contributed by atoms with Crippen LogP contribution in [0, 0.1) is 0 Å². The van der Waals surface area contributed by atoms with Crippen molar-refractivity contribution in [3.05, 3.63) is 35.4 Å². The topological polar surface area (TPSA) is 140 Å². The molecule has 0 aliphatic carbocycles. The zero-order chi connectivity index (χ0) is 22.4. The van der Waals surface area contributed by atoms with Crippen LogP contribution in [0.4, 0.5) is 0 Å². The van der Waals surface area contributed by atoms with Crippen LogP contribution in [0.1, 0.15) is 43.2 Å². The lowest BCUT2D eigenvalue weighted by atomic mass is 9.92. The van der Waals surface area contributed by atoms with Crippen LogP contribution in [-0.4, -0.2) is 92.7 Å². The second-order valence-electron chi connectivity index (χ2n) is 8.80. The number of aliphatic hydroxyl groups excluding tert-OH is 6. The maximum atomic E-state index is 10.1. The van der Waals surface area contributed by atoms with Crippen molar-refractivity contribution in [1.82, 2.24) is 0 Å². The molecule has 1 aromatic rings. The number of hydrogen-bond donors (Lipinski definition) is 6. The second kappa shape index (κ2) is 11.7. The van der Waals surface area contributed by atoms with E-state index < -0.39 is 49.3 Å². The molecule has 8 atom stereocenters. The molecule has 176 valence electrons. The van der Waals surface area contributed by atoms with Crippen molar-refractivity contribution in [3.63, 3.8) is 0 Å². The molecule has 2 fully saturated rings. The Morgan fingerprint density at radius 2 is 1.29 bits per heavy atom. The van der Waals surface area contributed by atoms with Crippen LogP contribution in [0.3, 0.4) is 0 Å². The highest BCUT2D eigenvalue weighted by molar-refractivity contribution is 5.22. The molecule has 5 unspecified atom stereocenters. The number of ether oxygens (including phenoxy) is 2. The Hall–Kier alpha value is -1.10. The highest BCUT2D eigenvalue weighted by Gasteiger charge is 2.42. The lowest BCUT2D eigenvalue weighted by molar-refractivity contribution is -0.230. The minimum atomic E-state index is -1.32. The summed E-state index contributed by atoms with van der Waals surface area (Å²) in [6.45, 7) is -0.115. The fraction of sp³-hybridized carbons (Fsp3) is 0.739. The summed E-state index contributed by atoms with van der Waals surface area (Å²) in [7, 11) is 0. The van der Waals surface area contributed by atoms with Crippen molar-refractivity contribution >= 4 is 0 Å². The number of benzene rings is 1. The molecule has 2 heterocycles. The summed E-state index contributed by atoms with van der Waals surface area (Å²) in [6, 6.07) is 8.33. The molecule has 1 aromatic carbocycles. The molecule has 0 amide bonds. The van der Waals surface area contributed by atoms with Crippen LogP contribution in [0.15, 0.2) is 24.3 Å². The first-order chi connectivity index (χ1) is 14.9. The van der Waals surface area contributed by atoms with Gasteiger partial charge in [-0.15, -0.1) is 0 Å². The van der Waals surface area contributed by atoms with Gasteiger partial charge < -0.3 is 40.1 Å². The van der Waals surface area contributed by atoms with Crippen LogP contribution in [0.25, 0.3) is 0 Å². The van der Waals surface area contributed by atoms with Crippen molar-refractivity contribution in [2.75, 3.05) is 13.2 Å². The SMILES string of the molecule is OCC1O[C@H](CCCc2ccc(CCCC3OCC(O)C[C@@H]3O)cc2)C(O)C(O)[C@@H]1O. The van der Waals surface area contributed by atoms with Crippen molar-refractivity contribution in [2.24, 2.45) is 0 Å². The normalized spacial score (nSPS) is 36.5. The van der Waals surface area contributed by atoms with Crippen LogP contribution >= 0.6 is 0 Å². The minimum Gasteiger partial charge on any atom is -0.394 e. The molecule has 3 rings (SSSR count). The van der Waals surface area contributed by atoms with Gasteiger partial charge in [0.2, 0.25) is 0 Å². The maximum absolute atomic E-state index is 10.1. The number of aliphatic hydroxyl groups is 6. The number of aryl methyl sites for hydroxylation is 2. The number of hydrogen-bond acceptors (Lipinski definition) is 8. The standard InChI is InChI=1S/C23H36O8/c24-12-20-22(28)23(29)21(27)19(31-20)6-2-4-15-9-7-14(8-10-15)3-1-5-18-17(26)11-16(25)13-30-18/h7-10,16-29H,1-6,11-13H2/t16?,17-,18?,19+,20?,21?,22+,23?/m0/s1. The molecule has 0 bridgehead atoms. The van der Waals surface area contributed by atoms with Gasteiger partial charge in [-0.05, 0) is 49.7 Å². The van der Waals surface area contributed by atoms with Crippen molar-refractivity contribution in [2.45, 2.75) is 93.8 Å². The van der Waals surface area contributed by atoms with E-state index in [0.29, 0.717) is 19.4 Å². The summed E-state index contributed by atoms with van der Waals surface area (Å²) in [4.78, 5) is 0. The van der Waals surface area contributed by atoms with E-state index in [0.717, 1.165) is 37.7 Å². The summed E-state index contributed by atoms with van der Waals surface area (Å²) >= 11 is 0. The van der Waals surface area contributed by atoms with Gasteiger partial charge in [-0.3, -0.25) is 0 Å². The first-order valence-corrected chi connectivity index (χ1v) is 11.2. The third kappa shape index (κ3) is 6.69. The van der Waals surface area contributed by atoms with E-state index in [1.807, 2.05) is 0 Å². The zero-order valence-electron chi connectivity index (χ0n) is 17.8. The fourth-order valence-corrected chi connectivity index (χ4v) is 4.42. The summed E-state index contributed by atoms with van der Waals surface area (Å²) in [6.07, 6.45) is -1.68. The van der Waals surface area contributed by atoms with Gasteiger partial charge >= 0.3 is 0 Å². The first-order valence-electron chi connectivity index (χ1n) is 11.2. The van der Waals surface area contributed by atoms with Crippen molar-refractivity contribution in [1.29, 1.82) is 0 Å². The van der Waals surface area contributed by atoms with Crippen LogP contribution < -0.4 is 0 Å². The van der Waals surface area contributed by atoms with Gasteiger partial charge in [0.15, 0.2) is 0 Å². The Morgan fingerprint density at radius 3 is 1.84 bits per heavy atom. The molecule has 0 saturated carbocycles. The molecule has 2 saturated heterocycles. The van der Waals surface area contributed by atoms with E-state index >= 15 is 0 Å². The third-order valence-corrected chi connectivity index (χ3v) is 6.37. The van der Waals surface area contributed by atoms with E-state index in [9.17, 15) is 30.6 Å². The molecule has 2 aliphatic rings. The van der Waals surface area contributed by atoms with Gasteiger partial charge in [0, 0.05) is 6.42 Å². The van der Waals surface area contributed by atoms with Gasteiger partial charge in [0.05, 0.1) is 37.6 Å². The Bertz CT molecular complexity index is 651. The predicted molar refractivity (Wildman–Crippen MR) is 112 cm³/mol. The van der Waals surface area contributed by atoms with E-state index in [1.54, 1.807) is 0 Å². The summed E-state index contributed by atoms with van der Waals surface area (Å²) < 4.78 is 11.1. The van der Waals surface area contributed by atoms with Gasteiger partial charge in [0.1, 0.15) is 24.4 Å². The largest absolute Gasteiger partial charge is 0.394 e. The molecule has 0 aromatic heterocycles. The van der Waals surface area contributed by atoms with E-state index in [-0.39, 0.29) is 6.10 Å². The Kier molecular flexibility index (Phi) is 9.24. The quantitative estimate of drug-likeness (QED) is 0.307. The Morgan fingerprint density at radius 1 is 0.742 bits per heavy atom. The molecule has 8 nitrogen and oxygen atoms in total. The molecule has 0 spiro atoms. The van der Waals surface area contributed by atoms with Gasteiger partial charge in [-0.1, -0.05) is 24.3 Å². The lowest BCUT2D eigenvalue weighted by Crippen LogP contribution is -2.58. The minimum absolute atomic E-state index is 0.204. The maximum Gasteiger partial charge on any atom is 0.111 e. The first kappa shape index (κ1) is 24.5. The zero-order valence-corrected chi connectivity index (χ0v) is 17.8. The third-order valence-electron chi connectivity index (χ3n) is 6.37. The van der Waals surface area contributed by atoms with Crippen LogP contribution in [0.5, 0.6) is 0 Å². The molecule has 8 heteroatoms. The average Bonchev–Trinajstić information content (AvgIpc) is 2.76. The molecule has 31 heavy (non-hydrogen) atoms. The smallest absolute Gasteiger partial charge is 0.111 e. The van der Waals surface area contributed by atoms with Crippen molar-refractivity contribution < 1.29 is 40.1 Å². The van der Waals surface area contributed by atoms with Gasteiger partial charge in [-0.25, -0.2) is 0 Å². The molecular weight excluding hydrogens is 404 g/mol. The lowest BCUT2D eigenvalue weighted by Gasteiger charge is -2.40. The highest BCUT2D eigenvalue weighted by atomic mass is 16.5. The van der Waals surface area contributed by atoms with E-state index in [4.69, 9.17) is 9.47 Å². The van der Waals surface area contributed by atoms with E-state index in [1.165, 1.54) is 5.56 Å². The molecule has 6 N–H and O–H groups in total. The molecular formula is C23H36O8. The Labute approximate surface area is 183 Å². The van der Waals surface area contributed by atoms with Crippen LogP contribution in [-0.2, 0) is 22.3 Å². The van der Waals surface area contributed by atoms with Gasteiger partial charge in [-0.2, -0.15) is 0 Å². The molecule has 0 radical (unpaired) electrons. The number of rotatable bonds is 9. The fourth-order valence-electron chi connectivity index (χ4n) is 4.42. The summed E-state index contributed by atoms with van der Waals surface area (Å²) in [5.74, 6) is 0. The second-order valence-corrected chi connectivity index (χ2v) is 8.80. The van der Waals surface area contributed by atoms with E-state index in [2.05, 4.69) is 24.3 Å². The average molecular weight is 441 g/mol.